The Bertz CT molecular complexity index is 711. The van der Waals surface area contributed by atoms with Gasteiger partial charge in [0.2, 0.25) is 0 Å². The number of nitrogens with one attached hydrogen (secondary N) is 1. The van der Waals surface area contributed by atoms with E-state index in [9.17, 15) is 4.79 Å². The van der Waals surface area contributed by atoms with Crippen LogP contribution in [-0.4, -0.2) is 42.5 Å². The fourth-order valence-electron chi connectivity index (χ4n) is 3.19. The third kappa shape index (κ3) is 5.19. The zero-order chi connectivity index (χ0) is 18.4. The molecule has 1 aliphatic rings. The Balaban J connectivity index is 1.40. The van der Waals surface area contributed by atoms with Crippen LogP contribution in [0, 0.1) is 5.92 Å². The van der Waals surface area contributed by atoms with Crippen molar-refractivity contribution in [2.75, 3.05) is 26.7 Å². The number of carbonyl (C=O) groups is 1. The average molecular weight is 374 g/mol. The molecule has 1 saturated heterocycles. The Morgan fingerprint density at radius 1 is 1.23 bits per heavy atom. The van der Waals surface area contributed by atoms with Crippen molar-refractivity contribution in [3.05, 3.63) is 58.9 Å². The molecule has 0 bridgehead atoms. The second-order valence-electron chi connectivity index (χ2n) is 6.65. The number of methoxy groups -OCH3 is 1. The number of aromatic nitrogens is 1. The second-order valence-corrected chi connectivity index (χ2v) is 7.03. The average Bonchev–Trinajstić information content (AvgIpc) is 2.68. The largest absolute Gasteiger partial charge is 0.497 e. The molecule has 1 aromatic carbocycles. The summed E-state index contributed by atoms with van der Waals surface area (Å²) in [6, 6.07) is 11.6. The first-order chi connectivity index (χ1) is 12.6. The highest BCUT2D eigenvalue weighted by atomic mass is 35.5. The molecule has 5 nitrogen and oxygen atoms in total. The quantitative estimate of drug-likeness (QED) is 0.788. The first-order valence-electron chi connectivity index (χ1n) is 8.89. The zero-order valence-electron chi connectivity index (χ0n) is 15.0. The highest BCUT2D eigenvalue weighted by Gasteiger charge is 2.20. The van der Waals surface area contributed by atoms with Crippen LogP contribution in [0.15, 0.2) is 42.6 Å². The molecule has 26 heavy (non-hydrogen) atoms. The fourth-order valence-corrected chi connectivity index (χ4v) is 3.30. The van der Waals surface area contributed by atoms with E-state index in [1.54, 1.807) is 19.2 Å². The SMILES string of the molecule is COc1ccc(CN2CCC(CNC(=O)c3ccc(Cl)nc3)CC2)cc1. The van der Waals surface area contributed by atoms with Crippen LogP contribution < -0.4 is 10.1 Å². The van der Waals surface area contributed by atoms with Gasteiger partial charge in [-0.2, -0.15) is 0 Å². The lowest BCUT2D eigenvalue weighted by Gasteiger charge is -2.32. The molecule has 0 unspecified atom stereocenters. The monoisotopic (exact) mass is 373 g/mol. The van der Waals surface area contributed by atoms with Gasteiger partial charge in [0.1, 0.15) is 10.9 Å². The highest BCUT2D eigenvalue weighted by molar-refractivity contribution is 6.29. The molecule has 0 aliphatic carbocycles. The first kappa shape index (κ1) is 18.7. The van der Waals surface area contributed by atoms with Gasteiger partial charge in [-0.3, -0.25) is 9.69 Å². The molecule has 1 amide bonds. The summed E-state index contributed by atoms with van der Waals surface area (Å²) < 4.78 is 5.20. The number of hydrogen-bond acceptors (Lipinski definition) is 4. The van der Waals surface area contributed by atoms with Gasteiger partial charge in [-0.1, -0.05) is 23.7 Å². The Hall–Kier alpha value is -2.11. The Labute approximate surface area is 159 Å². The standard InChI is InChI=1S/C20H24ClN3O2/c1-26-18-5-2-16(3-6-18)14-24-10-8-15(9-11-24)12-23-20(25)17-4-7-19(21)22-13-17/h2-7,13,15H,8-12,14H2,1H3,(H,23,25). The Kier molecular flexibility index (Phi) is 6.47. The van der Waals surface area contributed by atoms with Crippen LogP contribution in [0.3, 0.4) is 0 Å². The fraction of sp³-hybridized carbons (Fsp3) is 0.400. The summed E-state index contributed by atoms with van der Waals surface area (Å²) in [5, 5.41) is 3.41. The molecular formula is C20H24ClN3O2. The smallest absolute Gasteiger partial charge is 0.252 e. The van der Waals surface area contributed by atoms with Crippen molar-refractivity contribution >= 4 is 17.5 Å². The zero-order valence-corrected chi connectivity index (χ0v) is 15.7. The molecule has 1 aliphatic heterocycles. The van der Waals surface area contributed by atoms with E-state index in [0.717, 1.165) is 38.2 Å². The molecule has 1 fully saturated rings. The van der Waals surface area contributed by atoms with Crippen molar-refractivity contribution in [1.82, 2.24) is 15.2 Å². The van der Waals surface area contributed by atoms with Crippen molar-refractivity contribution in [2.24, 2.45) is 5.92 Å². The number of amides is 1. The first-order valence-corrected chi connectivity index (χ1v) is 9.27. The third-order valence-corrected chi connectivity index (χ3v) is 5.04. The van der Waals surface area contributed by atoms with E-state index in [1.165, 1.54) is 11.8 Å². The number of ether oxygens (including phenoxy) is 1. The molecule has 0 saturated carbocycles. The number of likely N-dealkylation sites (tertiary alicyclic amines) is 1. The number of piperidine rings is 1. The molecule has 2 heterocycles. The van der Waals surface area contributed by atoms with Gasteiger partial charge in [-0.05, 0) is 61.7 Å². The molecule has 1 aromatic heterocycles. The number of carbonyl (C=O) groups excluding carboxylic acids is 1. The lowest BCUT2D eigenvalue weighted by Crippen LogP contribution is -2.38. The summed E-state index contributed by atoms with van der Waals surface area (Å²) in [7, 11) is 1.68. The van der Waals surface area contributed by atoms with Gasteiger partial charge in [0.25, 0.3) is 5.91 Å². The molecule has 2 aromatic rings. The normalized spacial score (nSPS) is 15.6. The van der Waals surface area contributed by atoms with E-state index in [-0.39, 0.29) is 5.91 Å². The van der Waals surface area contributed by atoms with Crippen LogP contribution >= 0.6 is 11.6 Å². The van der Waals surface area contributed by atoms with E-state index in [4.69, 9.17) is 16.3 Å². The van der Waals surface area contributed by atoms with Gasteiger partial charge in [-0.25, -0.2) is 4.98 Å². The molecule has 0 atom stereocenters. The second kappa shape index (κ2) is 9.01. The molecule has 138 valence electrons. The van der Waals surface area contributed by atoms with E-state index in [1.807, 2.05) is 12.1 Å². The van der Waals surface area contributed by atoms with Crippen molar-refractivity contribution in [3.63, 3.8) is 0 Å². The van der Waals surface area contributed by atoms with E-state index in [0.29, 0.717) is 23.2 Å². The Morgan fingerprint density at radius 2 is 1.96 bits per heavy atom. The molecule has 0 radical (unpaired) electrons. The number of hydrogen-bond donors (Lipinski definition) is 1. The number of halogens is 1. The number of pyridine rings is 1. The lowest BCUT2D eigenvalue weighted by molar-refractivity contribution is 0.0935. The molecule has 0 spiro atoms. The van der Waals surface area contributed by atoms with Crippen LogP contribution in [0.4, 0.5) is 0 Å². The van der Waals surface area contributed by atoms with Gasteiger partial charge in [0, 0.05) is 19.3 Å². The van der Waals surface area contributed by atoms with Gasteiger partial charge >= 0.3 is 0 Å². The van der Waals surface area contributed by atoms with Gasteiger partial charge < -0.3 is 10.1 Å². The van der Waals surface area contributed by atoms with Gasteiger partial charge in [0.15, 0.2) is 0 Å². The number of rotatable bonds is 6. The summed E-state index contributed by atoms with van der Waals surface area (Å²) >= 11 is 5.75. The number of benzene rings is 1. The molecule has 3 rings (SSSR count). The minimum absolute atomic E-state index is 0.0881. The number of nitrogens with zero attached hydrogens (tertiary/aromatic N) is 2. The molecule has 6 heteroatoms. The minimum atomic E-state index is -0.0881. The summed E-state index contributed by atoms with van der Waals surface area (Å²) in [4.78, 5) is 18.5. The minimum Gasteiger partial charge on any atom is -0.497 e. The lowest BCUT2D eigenvalue weighted by atomic mass is 9.96. The van der Waals surface area contributed by atoms with E-state index < -0.39 is 0 Å². The predicted molar refractivity (Wildman–Crippen MR) is 103 cm³/mol. The van der Waals surface area contributed by atoms with Crippen LogP contribution in [0.25, 0.3) is 0 Å². The molecular weight excluding hydrogens is 350 g/mol. The van der Waals surface area contributed by atoms with Gasteiger partial charge in [-0.15, -0.1) is 0 Å². The Morgan fingerprint density at radius 3 is 2.58 bits per heavy atom. The maximum Gasteiger partial charge on any atom is 0.252 e. The maximum absolute atomic E-state index is 12.1. The third-order valence-electron chi connectivity index (χ3n) is 4.81. The summed E-state index contributed by atoms with van der Waals surface area (Å²) in [6.45, 7) is 3.77. The van der Waals surface area contributed by atoms with Crippen LogP contribution in [0.2, 0.25) is 5.15 Å². The summed E-state index contributed by atoms with van der Waals surface area (Å²) in [5.41, 5.74) is 1.85. The van der Waals surface area contributed by atoms with Crippen LogP contribution in [-0.2, 0) is 6.54 Å². The van der Waals surface area contributed by atoms with Crippen molar-refractivity contribution < 1.29 is 9.53 Å². The highest BCUT2D eigenvalue weighted by Crippen LogP contribution is 2.20. The van der Waals surface area contributed by atoms with Gasteiger partial charge in [0.05, 0.1) is 12.7 Å². The summed E-state index contributed by atoms with van der Waals surface area (Å²) in [5.74, 6) is 1.32. The van der Waals surface area contributed by atoms with Crippen LogP contribution in [0.5, 0.6) is 5.75 Å². The van der Waals surface area contributed by atoms with Crippen molar-refractivity contribution in [1.29, 1.82) is 0 Å². The van der Waals surface area contributed by atoms with E-state index in [2.05, 4.69) is 27.3 Å². The maximum atomic E-state index is 12.1. The predicted octanol–water partition coefficient (Wildman–Crippen LogP) is 3.39. The molecule has 1 N–H and O–H groups in total. The van der Waals surface area contributed by atoms with Crippen molar-refractivity contribution in [2.45, 2.75) is 19.4 Å². The van der Waals surface area contributed by atoms with E-state index >= 15 is 0 Å². The van der Waals surface area contributed by atoms with Crippen LogP contribution in [0.1, 0.15) is 28.8 Å². The summed E-state index contributed by atoms with van der Waals surface area (Å²) in [6.07, 6.45) is 3.69. The topological polar surface area (TPSA) is 54.5 Å². The van der Waals surface area contributed by atoms with Crippen molar-refractivity contribution in [3.8, 4) is 5.75 Å².